The molecule has 1 amide bonds. The smallest absolute Gasteiger partial charge is 0.347 e. The van der Waals surface area contributed by atoms with Crippen LogP contribution in [0.4, 0.5) is 0 Å². The van der Waals surface area contributed by atoms with Gasteiger partial charge in [0.2, 0.25) is 5.91 Å². The van der Waals surface area contributed by atoms with Crippen LogP contribution in [0.3, 0.4) is 0 Å². The number of likely N-dealkylation sites (tertiary alicyclic amines) is 1. The first kappa shape index (κ1) is 13.7. The summed E-state index contributed by atoms with van der Waals surface area (Å²) in [6.07, 6.45) is 6.50. The van der Waals surface area contributed by atoms with Gasteiger partial charge in [0.15, 0.2) is 0 Å². The first-order chi connectivity index (χ1) is 9.22. The van der Waals surface area contributed by atoms with Crippen molar-refractivity contribution in [1.29, 1.82) is 0 Å². The van der Waals surface area contributed by atoms with Crippen molar-refractivity contribution in [3.63, 3.8) is 0 Å². The fraction of sp³-hybridized carbons (Fsp3) is 0.615. The molecule has 1 unspecified atom stereocenters. The lowest BCUT2D eigenvalue weighted by molar-refractivity contribution is -0.132. The minimum atomic E-state index is -0.401. The van der Waals surface area contributed by atoms with Crippen LogP contribution in [-0.2, 0) is 11.3 Å². The summed E-state index contributed by atoms with van der Waals surface area (Å²) in [5, 5.41) is 8.87. The fourth-order valence-electron chi connectivity index (χ4n) is 2.54. The van der Waals surface area contributed by atoms with Gasteiger partial charge in [-0.05, 0) is 31.7 Å². The van der Waals surface area contributed by atoms with Gasteiger partial charge >= 0.3 is 5.69 Å². The number of hydrogen-bond donors (Lipinski definition) is 1. The topological polar surface area (TPSA) is 75.4 Å². The molecule has 6 nitrogen and oxygen atoms in total. The van der Waals surface area contributed by atoms with E-state index < -0.39 is 5.69 Å². The number of aliphatic hydroxyl groups is 1. The predicted octanol–water partition coefficient (Wildman–Crippen LogP) is 0.00680. The second-order valence-electron chi connectivity index (χ2n) is 4.78. The van der Waals surface area contributed by atoms with E-state index in [4.69, 9.17) is 5.11 Å². The lowest BCUT2D eigenvalue weighted by Crippen LogP contribution is -2.39. The minimum Gasteiger partial charge on any atom is -0.396 e. The van der Waals surface area contributed by atoms with Crippen molar-refractivity contribution in [3.05, 3.63) is 28.9 Å². The molecule has 1 saturated heterocycles. The van der Waals surface area contributed by atoms with E-state index in [0.717, 1.165) is 25.8 Å². The highest BCUT2D eigenvalue weighted by molar-refractivity contribution is 5.76. The van der Waals surface area contributed by atoms with Gasteiger partial charge in [-0.25, -0.2) is 9.78 Å². The predicted molar refractivity (Wildman–Crippen MR) is 69.6 cm³/mol. The van der Waals surface area contributed by atoms with E-state index in [2.05, 4.69) is 4.98 Å². The molecule has 1 fully saturated rings. The van der Waals surface area contributed by atoms with E-state index >= 15 is 0 Å². The number of nitrogens with zero attached hydrogens (tertiary/aromatic N) is 3. The summed E-state index contributed by atoms with van der Waals surface area (Å²) in [5.41, 5.74) is -0.401. The molecule has 0 saturated carbocycles. The standard InChI is InChI=1S/C13H19N3O3/c17-9-2-5-11-4-1-8-16(11)12(18)10-15-7-3-6-14-13(15)19/h3,6-7,11,17H,1-2,4-5,8-10H2. The number of rotatable bonds is 5. The van der Waals surface area contributed by atoms with Crippen molar-refractivity contribution in [2.24, 2.45) is 0 Å². The SMILES string of the molecule is O=C(Cn1cccnc1=O)N1CCCC1CCCO. The Labute approximate surface area is 111 Å². The van der Waals surface area contributed by atoms with E-state index in [-0.39, 0.29) is 25.1 Å². The Bertz CT molecular complexity index is 486. The summed E-state index contributed by atoms with van der Waals surface area (Å²) < 4.78 is 1.32. The van der Waals surface area contributed by atoms with Gasteiger partial charge in [0.05, 0.1) is 0 Å². The third-order valence-electron chi connectivity index (χ3n) is 3.48. The van der Waals surface area contributed by atoms with Gasteiger partial charge in [-0.15, -0.1) is 0 Å². The van der Waals surface area contributed by atoms with Crippen molar-refractivity contribution < 1.29 is 9.90 Å². The maximum absolute atomic E-state index is 12.2. The average Bonchev–Trinajstić information content (AvgIpc) is 2.87. The quantitative estimate of drug-likeness (QED) is 0.813. The van der Waals surface area contributed by atoms with Crippen molar-refractivity contribution in [2.45, 2.75) is 38.3 Å². The Kier molecular flexibility index (Phi) is 4.68. The first-order valence-corrected chi connectivity index (χ1v) is 6.64. The molecule has 0 aromatic carbocycles. The van der Waals surface area contributed by atoms with Crippen LogP contribution in [0, 0.1) is 0 Å². The van der Waals surface area contributed by atoms with Crippen molar-refractivity contribution >= 4 is 5.91 Å². The molecule has 6 heteroatoms. The summed E-state index contributed by atoms with van der Waals surface area (Å²) in [6, 6.07) is 1.84. The van der Waals surface area contributed by atoms with E-state index in [1.165, 1.54) is 10.8 Å². The summed E-state index contributed by atoms with van der Waals surface area (Å²) in [6.45, 7) is 0.937. The Hall–Kier alpha value is -1.69. The van der Waals surface area contributed by atoms with Crippen LogP contribution in [0.5, 0.6) is 0 Å². The molecule has 0 spiro atoms. The van der Waals surface area contributed by atoms with Crippen LogP contribution in [0.15, 0.2) is 23.3 Å². The molecule has 1 aromatic rings. The van der Waals surface area contributed by atoms with Crippen molar-refractivity contribution in [3.8, 4) is 0 Å². The first-order valence-electron chi connectivity index (χ1n) is 6.64. The zero-order valence-electron chi connectivity index (χ0n) is 10.9. The van der Waals surface area contributed by atoms with Gasteiger partial charge in [-0.3, -0.25) is 9.36 Å². The maximum atomic E-state index is 12.2. The van der Waals surface area contributed by atoms with Crippen molar-refractivity contribution in [2.75, 3.05) is 13.2 Å². The molecule has 1 aliphatic rings. The Morgan fingerprint density at radius 3 is 3.11 bits per heavy atom. The van der Waals surface area contributed by atoms with Crippen LogP contribution in [0.2, 0.25) is 0 Å². The zero-order chi connectivity index (χ0) is 13.7. The van der Waals surface area contributed by atoms with E-state index in [0.29, 0.717) is 6.42 Å². The number of hydrogen-bond acceptors (Lipinski definition) is 4. The van der Waals surface area contributed by atoms with Crippen LogP contribution in [-0.4, -0.2) is 44.7 Å². The second-order valence-corrected chi connectivity index (χ2v) is 4.78. The molecule has 1 aliphatic heterocycles. The average molecular weight is 265 g/mol. The summed E-state index contributed by atoms with van der Waals surface area (Å²) in [4.78, 5) is 29.1. The second kappa shape index (κ2) is 6.47. The third kappa shape index (κ3) is 3.41. The van der Waals surface area contributed by atoms with Gasteiger partial charge in [0.25, 0.3) is 0 Å². The molecule has 0 aliphatic carbocycles. The Balaban J connectivity index is 1.99. The van der Waals surface area contributed by atoms with E-state index in [9.17, 15) is 9.59 Å². The van der Waals surface area contributed by atoms with E-state index in [1.54, 1.807) is 12.3 Å². The molecule has 2 rings (SSSR count). The molecule has 1 N–H and O–H groups in total. The highest BCUT2D eigenvalue weighted by atomic mass is 16.3. The van der Waals surface area contributed by atoms with Crippen LogP contribution < -0.4 is 5.69 Å². The molecular formula is C13H19N3O3. The van der Waals surface area contributed by atoms with E-state index in [1.807, 2.05) is 4.90 Å². The zero-order valence-corrected chi connectivity index (χ0v) is 10.9. The number of amides is 1. The number of aliphatic hydroxyl groups excluding tert-OH is 1. The fourth-order valence-corrected chi connectivity index (χ4v) is 2.54. The van der Waals surface area contributed by atoms with Gasteiger partial charge in [-0.2, -0.15) is 0 Å². The maximum Gasteiger partial charge on any atom is 0.347 e. The van der Waals surface area contributed by atoms with Gasteiger partial charge in [0.1, 0.15) is 6.54 Å². The highest BCUT2D eigenvalue weighted by Gasteiger charge is 2.28. The largest absolute Gasteiger partial charge is 0.396 e. The Morgan fingerprint density at radius 1 is 1.53 bits per heavy atom. The van der Waals surface area contributed by atoms with Gasteiger partial charge < -0.3 is 10.0 Å². The summed E-state index contributed by atoms with van der Waals surface area (Å²) >= 11 is 0. The number of carbonyl (C=O) groups is 1. The van der Waals surface area contributed by atoms with Gasteiger partial charge in [-0.1, -0.05) is 0 Å². The number of aromatic nitrogens is 2. The van der Waals surface area contributed by atoms with Gasteiger partial charge in [0, 0.05) is 31.6 Å². The molecule has 0 bridgehead atoms. The van der Waals surface area contributed by atoms with Crippen LogP contribution in [0.1, 0.15) is 25.7 Å². The minimum absolute atomic E-state index is 0.0439. The molecule has 2 heterocycles. The van der Waals surface area contributed by atoms with Crippen molar-refractivity contribution in [1.82, 2.24) is 14.5 Å². The van der Waals surface area contributed by atoms with Crippen LogP contribution in [0.25, 0.3) is 0 Å². The summed E-state index contributed by atoms with van der Waals surface area (Å²) in [5.74, 6) is -0.0458. The molecular weight excluding hydrogens is 246 g/mol. The lowest BCUT2D eigenvalue weighted by atomic mass is 10.1. The Morgan fingerprint density at radius 2 is 2.37 bits per heavy atom. The molecule has 1 atom stereocenters. The molecule has 19 heavy (non-hydrogen) atoms. The molecule has 0 radical (unpaired) electrons. The normalized spacial score (nSPS) is 18.8. The number of carbonyl (C=O) groups excluding carboxylic acids is 1. The van der Waals surface area contributed by atoms with Crippen LogP contribution >= 0.6 is 0 Å². The monoisotopic (exact) mass is 265 g/mol. The third-order valence-corrected chi connectivity index (χ3v) is 3.48. The molecule has 104 valence electrons. The lowest BCUT2D eigenvalue weighted by Gasteiger charge is -2.24. The molecule has 1 aromatic heterocycles. The highest BCUT2D eigenvalue weighted by Crippen LogP contribution is 2.21. The summed E-state index contributed by atoms with van der Waals surface area (Å²) in [7, 11) is 0.